The van der Waals surface area contributed by atoms with Crippen LogP contribution in [0.15, 0.2) is 24.3 Å². The number of ether oxygens (including phenoxy) is 1. The van der Waals surface area contributed by atoms with Crippen LogP contribution in [0.25, 0.3) is 0 Å². The van der Waals surface area contributed by atoms with Gasteiger partial charge in [-0.15, -0.1) is 0 Å². The Morgan fingerprint density at radius 1 is 1.00 bits per heavy atom. The van der Waals surface area contributed by atoms with Crippen LogP contribution in [0.3, 0.4) is 0 Å². The Morgan fingerprint density at radius 3 is 2.58 bits per heavy atom. The van der Waals surface area contributed by atoms with Gasteiger partial charge in [0.05, 0.1) is 18.3 Å². The maximum Gasteiger partial charge on any atom is 0.119 e. The van der Waals surface area contributed by atoms with Crippen LogP contribution in [0.4, 0.5) is 0 Å². The number of aliphatic hydroxyl groups is 4. The molecule has 0 spiro atoms. The van der Waals surface area contributed by atoms with Crippen molar-refractivity contribution < 1.29 is 25.2 Å². The van der Waals surface area contributed by atoms with E-state index in [4.69, 9.17) is 9.84 Å². The number of aliphatic hydroxyl groups excluding tert-OH is 3. The molecular weight excluding hydrogens is 416 g/mol. The standard InChI is InChI=1S/C28H42O5/c1-26-12-11-24-22(23(26)8-9-25(26)31)7-6-18-10-13-28(32,17-27(18,24)2)19-4-3-5-21(14-19)33-16-20(30)15-29/h3-5,14,18,20,22-25,29-32H,6-13,15-17H2,1-2H3/t18?,20?,22-,23-,24+,25?,26-,27-,28?/m0/s1. The first-order chi connectivity index (χ1) is 15.7. The van der Waals surface area contributed by atoms with Gasteiger partial charge in [0.1, 0.15) is 18.5 Å². The van der Waals surface area contributed by atoms with Gasteiger partial charge in [-0.2, -0.15) is 0 Å². The summed E-state index contributed by atoms with van der Waals surface area (Å²) in [6.45, 7) is 4.48. The summed E-state index contributed by atoms with van der Waals surface area (Å²) in [4.78, 5) is 0. The van der Waals surface area contributed by atoms with Crippen molar-refractivity contribution in [3.63, 3.8) is 0 Å². The molecule has 0 radical (unpaired) electrons. The molecular formula is C28H42O5. The normalized spacial score (nSPS) is 45.6. The van der Waals surface area contributed by atoms with Gasteiger partial charge in [-0.1, -0.05) is 26.0 Å². The van der Waals surface area contributed by atoms with E-state index in [2.05, 4.69) is 13.8 Å². The highest BCUT2D eigenvalue weighted by Crippen LogP contribution is 2.67. The zero-order chi connectivity index (χ0) is 23.4. The van der Waals surface area contributed by atoms with Crippen LogP contribution < -0.4 is 4.74 Å². The lowest BCUT2D eigenvalue weighted by Gasteiger charge is -2.62. The second-order valence-electron chi connectivity index (χ2n) is 12.2. The SMILES string of the molecule is C[C@]12CC(O)(c3cccc(OCC(O)CO)c3)CCC1CC[C@@H]1[C@H]2CC[C@]2(C)C(O)CC[C@@H]12. The fraction of sp³-hybridized carbons (Fsp3) is 0.786. The van der Waals surface area contributed by atoms with Crippen LogP contribution in [0.5, 0.6) is 5.75 Å². The molecule has 5 heteroatoms. The van der Waals surface area contributed by atoms with Crippen molar-refractivity contribution in [2.75, 3.05) is 13.2 Å². The number of rotatable bonds is 5. The minimum absolute atomic E-state index is 0.0356. The molecule has 33 heavy (non-hydrogen) atoms. The minimum atomic E-state index is -0.906. The lowest BCUT2D eigenvalue weighted by Crippen LogP contribution is -2.56. The molecule has 4 aliphatic carbocycles. The van der Waals surface area contributed by atoms with Gasteiger partial charge in [0.15, 0.2) is 0 Å². The maximum absolute atomic E-state index is 12.0. The fourth-order valence-corrected chi connectivity index (χ4v) is 8.76. The lowest BCUT2D eigenvalue weighted by atomic mass is 9.43. The lowest BCUT2D eigenvalue weighted by molar-refractivity contribution is -0.165. The Morgan fingerprint density at radius 2 is 1.79 bits per heavy atom. The predicted molar refractivity (Wildman–Crippen MR) is 127 cm³/mol. The molecule has 4 unspecified atom stereocenters. The highest BCUT2D eigenvalue weighted by atomic mass is 16.5. The zero-order valence-electron chi connectivity index (χ0n) is 20.2. The molecule has 4 aliphatic rings. The molecule has 1 aromatic rings. The fourth-order valence-electron chi connectivity index (χ4n) is 8.76. The second kappa shape index (κ2) is 8.51. The van der Waals surface area contributed by atoms with E-state index in [1.54, 1.807) is 0 Å². The summed E-state index contributed by atoms with van der Waals surface area (Å²) in [6, 6.07) is 7.68. The molecule has 0 heterocycles. The van der Waals surface area contributed by atoms with Gasteiger partial charge in [-0.25, -0.2) is 0 Å². The Balaban J connectivity index is 1.38. The number of benzene rings is 1. The van der Waals surface area contributed by atoms with Crippen LogP contribution in [0.1, 0.15) is 77.2 Å². The van der Waals surface area contributed by atoms with Gasteiger partial charge < -0.3 is 25.2 Å². The van der Waals surface area contributed by atoms with E-state index in [1.807, 2.05) is 24.3 Å². The third-order valence-corrected chi connectivity index (χ3v) is 10.6. The third-order valence-electron chi connectivity index (χ3n) is 10.6. The highest BCUT2D eigenvalue weighted by molar-refractivity contribution is 5.33. The summed E-state index contributed by atoms with van der Waals surface area (Å²) in [5, 5.41) is 41.4. The molecule has 5 nitrogen and oxygen atoms in total. The number of hydrogen-bond donors (Lipinski definition) is 4. The third kappa shape index (κ3) is 3.84. The summed E-state index contributed by atoms with van der Waals surface area (Å²) in [6.07, 6.45) is 8.46. The molecule has 0 saturated heterocycles. The maximum atomic E-state index is 12.0. The van der Waals surface area contributed by atoms with Crippen molar-refractivity contribution in [1.29, 1.82) is 0 Å². The molecule has 4 N–H and O–H groups in total. The Labute approximate surface area is 198 Å². The van der Waals surface area contributed by atoms with E-state index in [9.17, 15) is 15.3 Å². The first-order valence-electron chi connectivity index (χ1n) is 13.1. The van der Waals surface area contributed by atoms with Gasteiger partial charge in [-0.3, -0.25) is 0 Å². The van der Waals surface area contributed by atoms with Crippen LogP contribution in [-0.2, 0) is 5.60 Å². The number of hydrogen-bond acceptors (Lipinski definition) is 5. The van der Waals surface area contributed by atoms with Gasteiger partial charge in [-0.05, 0) is 110 Å². The van der Waals surface area contributed by atoms with E-state index in [1.165, 1.54) is 19.3 Å². The molecule has 0 bridgehead atoms. The molecule has 184 valence electrons. The van der Waals surface area contributed by atoms with Crippen LogP contribution >= 0.6 is 0 Å². The van der Waals surface area contributed by atoms with Crippen LogP contribution in [0, 0.1) is 34.5 Å². The molecule has 0 aliphatic heterocycles. The minimum Gasteiger partial charge on any atom is -0.491 e. The van der Waals surface area contributed by atoms with Gasteiger partial charge in [0.25, 0.3) is 0 Å². The monoisotopic (exact) mass is 458 g/mol. The average molecular weight is 459 g/mol. The zero-order valence-corrected chi connectivity index (χ0v) is 20.2. The van der Waals surface area contributed by atoms with Gasteiger partial charge >= 0.3 is 0 Å². The van der Waals surface area contributed by atoms with Crippen molar-refractivity contribution in [3.8, 4) is 5.75 Å². The average Bonchev–Trinajstić information content (AvgIpc) is 3.11. The van der Waals surface area contributed by atoms with Crippen molar-refractivity contribution in [3.05, 3.63) is 29.8 Å². The molecule has 1 aromatic carbocycles. The Bertz CT molecular complexity index is 858. The largest absolute Gasteiger partial charge is 0.491 e. The van der Waals surface area contributed by atoms with Gasteiger partial charge in [0.2, 0.25) is 0 Å². The van der Waals surface area contributed by atoms with Crippen molar-refractivity contribution in [2.24, 2.45) is 34.5 Å². The van der Waals surface area contributed by atoms with E-state index < -0.39 is 11.7 Å². The number of fused-ring (bicyclic) bond motifs is 5. The molecule has 0 aromatic heterocycles. The second-order valence-corrected chi connectivity index (χ2v) is 12.2. The molecule has 4 fully saturated rings. The Hall–Kier alpha value is -1.14. The summed E-state index contributed by atoms with van der Waals surface area (Å²) in [5.41, 5.74) is 0.213. The summed E-state index contributed by atoms with van der Waals surface area (Å²) in [7, 11) is 0. The van der Waals surface area contributed by atoms with Crippen LogP contribution in [-0.4, -0.2) is 45.8 Å². The predicted octanol–water partition coefficient (Wildman–Crippen LogP) is 4.01. The van der Waals surface area contributed by atoms with Crippen molar-refractivity contribution >= 4 is 0 Å². The highest BCUT2D eigenvalue weighted by Gasteiger charge is 2.61. The Kier molecular flexibility index (Phi) is 6.09. The van der Waals surface area contributed by atoms with E-state index in [0.29, 0.717) is 29.4 Å². The van der Waals surface area contributed by atoms with Gasteiger partial charge in [0, 0.05) is 0 Å². The van der Waals surface area contributed by atoms with Crippen LogP contribution in [0.2, 0.25) is 0 Å². The van der Waals surface area contributed by atoms with Crippen molar-refractivity contribution in [2.45, 2.75) is 89.4 Å². The summed E-state index contributed by atoms with van der Waals surface area (Å²) >= 11 is 0. The first kappa shape index (κ1) is 23.6. The van der Waals surface area contributed by atoms with E-state index in [-0.39, 0.29) is 30.1 Å². The molecule has 0 amide bonds. The molecule has 5 rings (SSSR count). The van der Waals surface area contributed by atoms with Crippen molar-refractivity contribution in [1.82, 2.24) is 0 Å². The quantitative estimate of drug-likeness (QED) is 0.535. The first-order valence-corrected chi connectivity index (χ1v) is 13.1. The summed E-state index contributed by atoms with van der Waals surface area (Å²) in [5.74, 6) is 3.18. The van der Waals surface area contributed by atoms with E-state index >= 15 is 0 Å². The molecule has 4 saturated carbocycles. The van der Waals surface area contributed by atoms with E-state index in [0.717, 1.165) is 44.1 Å². The smallest absolute Gasteiger partial charge is 0.119 e. The topological polar surface area (TPSA) is 90.2 Å². The summed E-state index contributed by atoms with van der Waals surface area (Å²) < 4.78 is 5.68. The molecule has 9 atom stereocenters.